The van der Waals surface area contributed by atoms with Crippen molar-refractivity contribution in [2.75, 3.05) is 19.6 Å². The summed E-state index contributed by atoms with van der Waals surface area (Å²) in [7, 11) is 0. The number of ketones is 1. The standard InChI is InChI=1S/C27H39FN2O3/c28-23-6-4-21(5-7-23)27(33)22-12-15-30(16-13-22)14-11-19-1-8-24(9-2-19)29-26(32)18-20-3-10-25(31)17-20/h4-7,19-20,22,24-25,31H,1-3,8-18H2,(H,29,32)/t19?,20-,24?,25-/m1/s1. The monoisotopic (exact) mass is 458 g/mol. The Balaban J connectivity index is 1.09. The van der Waals surface area contributed by atoms with Crippen LogP contribution in [0.25, 0.3) is 0 Å². The molecule has 0 aromatic heterocycles. The first kappa shape index (κ1) is 24.3. The first-order valence-electron chi connectivity index (χ1n) is 13.0. The zero-order valence-corrected chi connectivity index (χ0v) is 19.7. The van der Waals surface area contributed by atoms with Crippen LogP contribution < -0.4 is 5.32 Å². The van der Waals surface area contributed by atoms with Crippen LogP contribution in [0.3, 0.4) is 0 Å². The van der Waals surface area contributed by atoms with Crippen LogP contribution in [0.15, 0.2) is 24.3 Å². The lowest BCUT2D eigenvalue weighted by Crippen LogP contribution is -2.39. The van der Waals surface area contributed by atoms with Crippen molar-refractivity contribution in [3.63, 3.8) is 0 Å². The van der Waals surface area contributed by atoms with Gasteiger partial charge in [-0.3, -0.25) is 9.59 Å². The van der Waals surface area contributed by atoms with Gasteiger partial charge in [-0.15, -0.1) is 0 Å². The Bertz CT molecular complexity index is 783. The highest BCUT2D eigenvalue weighted by atomic mass is 19.1. The maximum Gasteiger partial charge on any atom is 0.220 e. The summed E-state index contributed by atoms with van der Waals surface area (Å²) in [6, 6.07) is 6.24. The van der Waals surface area contributed by atoms with Crippen LogP contribution in [0.2, 0.25) is 0 Å². The molecule has 0 unspecified atom stereocenters. The van der Waals surface area contributed by atoms with Crippen LogP contribution in [-0.2, 0) is 4.79 Å². The van der Waals surface area contributed by atoms with Crippen LogP contribution in [0, 0.1) is 23.6 Å². The lowest BCUT2D eigenvalue weighted by atomic mass is 9.83. The first-order valence-corrected chi connectivity index (χ1v) is 13.0. The number of amides is 1. The number of nitrogens with zero attached hydrogens (tertiary/aromatic N) is 1. The molecule has 1 aromatic carbocycles. The second kappa shape index (κ2) is 11.6. The number of rotatable bonds is 8. The van der Waals surface area contributed by atoms with Crippen LogP contribution >= 0.6 is 0 Å². The van der Waals surface area contributed by atoms with Crippen molar-refractivity contribution in [3.8, 4) is 0 Å². The molecule has 4 rings (SSSR count). The van der Waals surface area contributed by atoms with E-state index in [0.29, 0.717) is 23.9 Å². The van der Waals surface area contributed by atoms with Gasteiger partial charge in [0.1, 0.15) is 5.82 Å². The number of nitrogens with one attached hydrogen (secondary N) is 1. The Morgan fingerprint density at radius 1 is 0.939 bits per heavy atom. The Labute approximate surface area is 197 Å². The highest BCUT2D eigenvalue weighted by Gasteiger charge is 2.29. The second-order valence-corrected chi connectivity index (χ2v) is 10.6. The van der Waals surface area contributed by atoms with Crippen molar-refractivity contribution in [1.82, 2.24) is 10.2 Å². The fourth-order valence-electron chi connectivity index (χ4n) is 6.01. The maximum absolute atomic E-state index is 13.1. The number of hydrogen-bond acceptors (Lipinski definition) is 4. The molecule has 1 aromatic rings. The van der Waals surface area contributed by atoms with E-state index in [1.807, 2.05) is 0 Å². The van der Waals surface area contributed by atoms with Crippen molar-refractivity contribution in [1.29, 1.82) is 0 Å². The lowest BCUT2D eigenvalue weighted by molar-refractivity contribution is -0.123. The first-order chi connectivity index (χ1) is 16.0. The average Bonchev–Trinajstić information content (AvgIpc) is 3.23. The molecule has 2 saturated carbocycles. The van der Waals surface area contributed by atoms with Crippen molar-refractivity contribution < 1.29 is 19.1 Å². The quantitative estimate of drug-likeness (QED) is 0.569. The summed E-state index contributed by atoms with van der Waals surface area (Å²) in [5.41, 5.74) is 0.625. The van der Waals surface area contributed by atoms with Gasteiger partial charge >= 0.3 is 0 Å². The fraction of sp³-hybridized carbons (Fsp3) is 0.704. The van der Waals surface area contributed by atoms with Crippen molar-refractivity contribution >= 4 is 11.7 Å². The molecular formula is C27H39FN2O3. The Kier molecular flexibility index (Phi) is 8.53. The summed E-state index contributed by atoms with van der Waals surface area (Å²) in [4.78, 5) is 27.5. The molecule has 3 aliphatic rings. The van der Waals surface area contributed by atoms with Gasteiger partial charge in [0.25, 0.3) is 0 Å². The molecule has 33 heavy (non-hydrogen) atoms. The Hall–Kier alpha value is -1.79. The molecular weight excluding hydrogens is 419 g/mol. The predicted octanol–water partition coefficient (Wildman–Crippen LogP) is 4.34. The van der Waals surface area contributed by atoms with Crippen LogP contribution in [0.4, 0.5) is 4.39 Å². The number of carbonyl (C=O) groups excluding carboxylic acids is 2. The number of aliphatic hydroxyl groups is 1. The zero-order valence-electron chi connectivity index (χ0n) is 19.7. The van der Waals surface area contributed by atoms with Gasteiger partial charge < -0.3 is 15.3 Å². The van der Waals surface area contributed by atoms with E-state index in [2.05, 4.69) is 10.2 Å². The number of carbonyl (C=O) groups is 2. The van der Waals surface area contributed by atoms with Gasteiger partial charge in [0.15, 0.2) is 5.78 Å². The van der Waals surface area contributed by atoms with Crippen LogP contribution in [0.5, 0.6) is 0 Å². The molecule has 1 aliphatic heterocycles. The molecule has 6 heteroatoms. The van der Waals surface area contributed by atoms with Gasteiger partial charge in [0, 0.05) is 23.9 Å². The molecule has 1 amide bonds. The van der Waals surface area contributed by atoms with Gasteiger partial charge in [-0.1, -0.05) is 0 Å². The summed E-state index contributed by atoms with van der Waals surface area (Å²) in [5.74, 6) is 1.14. The maximum atomic E-state index is 13.1. The minimum atomic E-state index is -0.303. The van der Waals surface area contributed by atoms with Crippen molar-refractivity contribution in [3.05, 3.63) is 35.6 Å². The largest absolute Gasteiger partial charge is 0.393 e. The third-order valence-electron chi connectivity index (χ3n) is 8.14. The van der Waals surface area contributed by atoms with E-state index in [4.69, 9.17) is 0 Å². The van der Waals surface area contributed by atoms with E-state index in [0.717, 1.165) is 70.5 Å². The molecule has 3 fully saturated rings. The minimum Gasteiger partial charge on any atom is -0.393 e. The molecule has 2 atom stereocenters. The van der Waals surface area contributed by atoms with E-state index in [1.54, 1.807) is 12.1 Å². The molecule has 5 nitrogen and oxygen atoms in total. The van der Waals surface area contributed by atoms with E-state index in [1.165, 1.54) is 31.4 Å². The van der Waals surface area contributed by atoms with Gasteiger partial charge in [-0.2, -0.15) is 0 Å². The molecule has 182 valence electrons. The second-order valence-electron chi connectivity index (χ2n) is 10.6. The van der Waals surface area contributed by atoms with E-state index in [-0.39, 0.29) is 29.5 Å². The van der Waals surface area contributed by atoms with Gasteiger partial charge in [0.2, 0.25) is 5.91 Å². The number of Topliss-reactive ketones (excluding diaryl/α,β-unsaturated/α-hetero) is 1. The molecule has 0 spiro atoms. The highest BCUT2D eigenvalue weighted by Crippen LogP contribution is 2.30. The van der Waals surface area contributed by atoms with Crippen molar-refractivity contribution in [2.45, 2.75) is 82.8 Å². The smallest absolute Gasteiger partial charge is 0.220 e. The van der Waals surface area contributed by atoms with E-state index >= 15 is 0 Å². The number of benzene rings is 1. The van der Waals surface area contributed by atoms with Crippen LogP contribution in [-0.4, -0.2) is 53.5 Å². The van der Waals surface area contributed by atoms with Gasteiger partial charge in [-0.25, -0.2) is 4.39 Å². The number of hydrogen-bond donors (Lipinski definition) is 2. The summed E-state index contributed by atoms with van der Waals surface area (Å²) < 4.78 is 13.1. The molecule has 2 N–H and O–H groups in total. The molecule has 2 aliphatic carbocycles. The topological polar surface area (TPSA) is 69.6 Å². The summed E-state index contributed by atoms with van der Waals surface area (Å²) in [5, 5.41) is 12.9. The normalized spacial score (nSPS) is 29.2. The van der Waals surface area contributed by atoms with Crippen molar-refractivity contribution in [2.24, 2.45) is 17.8 Å². The van der Waals surface area contributed by atoms with E-state index in [9.17, 15) is 19.1 Å². The average molecular weight is 459 g/mol. The number of aliphatic hydroxyl groups excluding tert-OH is 1. The highest BCUT2D eigenvalue weighted by molar-refractivity contribution is 5.97. The SMILES string of the molecule is O=C(C[C@@H]1CC[C@@H](O)C1)NC1CCC(CCN2CCC(C(=O)c3ccc(F)cc3)CC2)CC1. The summed E-state index contributed by atoms with van der Waals surface area (Å²) in [6.07, 6.45) is 10.4. The number of piperidine rings is 1. The molecule has 0 radical (unpaired) electrons. The van der Waals surface area contributed by atoms with E-state index < -0.39 is 0 Å². The third kappa shape index (κ3) is 7.10. The Morgan fingerprint density at radius 2 is 1.61 bits per heavy atom. The molecule has 1 heterocycles. The molecule has 1 saturated heterocycles. The van der Waals surface area contributed by atoms with Gasteiger partial charge in [-0.05, 0) is 120 Å². The fourth-order valence-corrected chi connectivity index (χ4v) is 6.01. The lowest BCUT2D eigenvalue weighted by Gasteiger charge is -2.34. The zero-order chi connectivity index (χ0) is 23.2. The summed E-state index contributed by atoms with van der Waals surface area (Å²) >= 11 is 0. The number of halogens is 1. The minimum absolute atomic E-state index is 0.0539. The molecule has 0 bridgehead atoms. The van der Waals surface area contributed by atoms with Gasteiger partial charge in [0.05, 0.1) is 6.10 Å². The Morgan fingerprint density at radius 3 is 2.24 bits per heavy atom. The number of likely N-dealkylation sites (tertiary alicyclic amines) is 1. The summed E-state index contributed by atoms with van der Waals surface area (Å²) in [6.45, 7) is 3.00. The van der Waals surface area contributed by atoms with Crippen LogP contribution in [0.1, 0.15) is 81.0 Å². The predicted molar refractivity (Wildman–Crippen MR) is 126 cm³/mol. The third-order valence-corrected chi connectivity index (χ3v) is 8.14.